The minimum absolute atomic E-state index is 0.0627. The summed E-state index contributed by atoms with van der Waals surface area (Å²) in [6.45, 7) is 3.16. The van der Waals surface area contributed by atoms with Crippen LogP contribution in [0.15, 0.2) is 34.1 Å². The van der Waals surface area contributed by atoms with Crippen molar-refractivity contribution in [3.63, 3.8) is 0 Å². The number of hydrogen-bond donors (Lipinski definition) is 1. The molecular formula is C21H22BrN3O6S. The number of methoxy groups -OCH3 is 1. The summed E-state index contributed by atoms with van der Waals surface area (Å²) in [5, 5.41) is 3.17. The van der Waals surface area contributed by atoms with Crippen molar-refractivity contribution in [3.8, 4) is 5.06 Å². The maximum atomic E-state index is 13.0. The van der Waals surface area contributed by atoms with Crippen LogP contribution in [0.1, 0.15) is 5.56 Å². The molecule has 170 valence electrons. The Balaban J connectivity index is 1.47. The number of rotatable bonds is 5. The van der Waals surface area contributed by atoms with Crippen LogP contribution in [0.2, 0.25) is 0 Å². The zero-order valence-corrected chi connectivity index (χ0v) is 19.9. The van der Waals surface area contributed by atoms with Gasteiger partial charge in [0.05, 0.1) is 16.4 Å². The number of benzene rings is 1. The number of nitrogens with zero attached hydrogens (tertiary/aromatic N) is 2. The molecule has 2 saturated heterocycles. The van der Waals surface area contributed by atoms with E-state index in [2.05, 4.69) is 21.2 Å². The number of nitrogens with one attached hydrogen (secondary N) is 1. The predicted molar refractivity (Wildman–Crippen MR) is 122 cm³/mol. The van der Waals surface area contributed by atoms with E-state index in [1.165, 1.54) is 18.4 Å². The third-order valence-corrected chi connectivity index (χ3v) is 6.82. The largest absolute Gasteiger partial charge is 0.413 e. The number of hydrogen-bond acceptors (Lipinski definition) is 7. The molecule has 9 nitrogen and oxygen atoms in total. The summed E-state index contributed by atoms with van der Waals surface area (Å²) < 4.78 is 16.7. The van der Waals surface area contributed by atoms with Gasteiger partial charge in [-0.3, -0.25) is 9.59 Å². The maximum absolute atomic E-state index is 13.0. The Morgan fingerprint density at radius 2 is 2.06 bits per heavy atom. The smallest absolute Gasteiger partial charge is 0.399 e. The summed E-state index contributed by atoms with van der Waals surface area (Å²) in [4.78, 5) is 40.7. The van der Waals surface area contributed by atoms with Crippen LogP contribution in [-0.4, -0.2) is 63.5 Å². The van der Waals surface area contributed by atoms with Gasteiger partial charge in [0.15, 0.2) is 11.2 Å². The summed E-state index contributed by atoms with van der Waals surface area (Å²) in [5.41, 5.74) is 2.31. The fourth-order valence-electron chi connectivity index (χ4n) is 3.84. The Morgan fingerprint density at radius 3 is 2.72 bits per heavy atom. The van der Waals surface area contributed by atoms with E-state index in [-0.39, 0.29) is 25.0 Å². The number of carbonyl (C=O) groups is 3. The molecule has 3 heterocycles. The van der Waals surface area contributed by atoms with Crippen LogP contribution in [0, 0.1) is 6.92 Å². The van der Waals surface area contributed by atoms with Crippen molar-refractivity contribution in [2.45, 2.75) is 19.1 Å². The SMILES string of the molecule is COC1C(=O)N(c2ccc(N3CCOCC3=O)c(C)c2)CC1NC(=O)Oc1ccc(Br)s1. The van der Waals surface area contributed by atoms with E-state index in [0.717, 1.165) is 15.0 Å². The highest BCUT2D eigenvalue weighted by Gasteiger charge is 2.42. The molecule has 1 N–H and O–H groups in total. The molecule has 0 radical (unpaired) electrons. The number of anilines is 2. The van der Waals surface area contributed by atoms with Crippen molar-refractivity contribution in [2.75, 3.05) is 43.2 Å². The van der Waals surface area contributed by atoms with Crippen molar-refractivity contribution >= 4 is 56.5 Å². The fourth-order valence-corrected chi connectivity index (χ4v) is 5.03. The zero-order valence-electron chi connectivity index (χ0n) is 17.5. The molecule has 3 amide bonds. The highest BCUT2D eigenvalue weighted by Crippen LogP contribution is 2.31. The van der Waals surface area contributed by atoms with Crippen molar-refractivity contribution in [3.05, 3.63) is 39.7 Å². The number of ether oxygens (including phenoxy) is 3. The first-order valence-corrected chi connectivity index (χ1v) is 11.5. The molecule has 1 aromatic heterocycles. The van der Waals surface area contributed by atoms with Crippen LogP contribution in [0.25, 0.3) is 0 Å². The molecular weight excluding hydrogens is 502 g/mol. The van der Waals surface area contributed by atoms with Crippen molar-refractivity contribution in [1.29, 1.82) is 0 Å². The molecule has 0 aliphatic carbocycles. The molecule has 0 spiro atoms. The van der Waals surface area contributed by atoms with E-state index in [4.69, 9.17) is 14.2 Å². The Morgan fingerprint density at radius 1 is 1.25 bits per heavy atom. The maximum Gasteiger partial charge on any atom is 0.413 e. The normalized spacial score (nSPS) is 21.2. The van der Waals surface area contributed by atoms with Gasteiger partial charge in [-0.2, -0.15) is 0 Å². The Hall–Kier alpha value is -2.47. The quantitative estimate of drug-likeness (QED) is 0.646. The van der Waals surface area contributed by atoms with Gasteiger partial charge in [-0.05, 0) is 58.7 Å². The van der Waals surface area contributed by atoms with Crippen LogP contribution < -0.4 is 19.9 Å². The highest BCUT2D eigenvalue weighted by atomic mass is 79.9. The lowest BCUT2D eigenvalue weighted by Crippen LogP contribution is -2.45. The molecule has 2 aliphatic rings. The standard InChI is InChI=1S/C21H22BrN3O6S/c1-12-9-13(3-4-15(12)24-7-8-30-11-17(24)26)25-10-14(19(29-2)20(25)27)23-21(28)31-18-6-5-16(22)32-18/h3-6,9,14,19H,7-8,10-11H2,1-2H3,(H,23,28). The van der Waals surface area contributed by atoms with E-state index in [0.29, 0.717) is 23.9 Å². The third kappa shape index (κ3) is 4.65. The molecule has 0 bridgehead atoms. The molecule has 11 heteroatoms. The molecule has 2 aromatic rings. The molecule has 32 heavy (non-hydrogen) atoms. The zero-order chi connectivity index (χ0) is 22.8. The average Bonchev–Trinajstić information content (AvgIpc) is 3.30. The van der Waals surface area contributed by atoms with E-state index in [1.807, 2.05) is 19.1 Å². The van der Waals surface area contributed by atoms with Crippen molar-refractivity contribution < 1.29 is 28.6 Å². The number of aryl methyl sites for hydroxylation is 1. The van der Waals surface area contributed by atoms with Crippen LogP contribution >= 0.6 is 27.3 Å². The number of thiophene rings is 1. The third-order valence-electron chi connectivity index (χ3n) is 5.32. The van der Waals surface area contributed by atoms with Gasteiger partial charge in [-0.15, -0.1) is 0 Å². The fraction of sp³-hybridized carbons (Fsp3) is 0.381. The first kappa shape index (κ1) is 22.7. The first-order valence-electron chi connectivity index (χ1n) is 9.94. The second-order valence-electron chi connectivity index (χ2n) is 7.37. The molecule has 4 rings (SSSR count). The highest BCUT2D eigenvalue weighted by molar-refractivity contribution is 9.11. The molecule has 2 aliphatic heterocycles. The second-order valence-corrected chi connectivity index (χ2v) is 9.80. The first-order chi connectivity index (χ1) is 15.4. The summed E-state index contributed by atoms with van der Waals surface area (Å²) in [7, 11) is 1.43. The Labute approximate surface area is 197 Å². The molecule has 2 atom stereocenters. The molecule has 1 aromatic carbocycles. The van der Waals surface area contributed by atoms with Crippen LogP contribution in [-0.2, 0) is 19.1 Å². The number of morpholine rings is 1. The number of amides is 3. The van der Waals surface area contributed by atoms with Gasteiger partial charge in [0.25, 0.3) is 11.8 Å². The minimum Gasteiger partial charge on any atom is -0.399 e. The van der Waals surface area contributed by atoms with E-state index < -0.39 is 18.2 Å². The Kier molecular flexibility index (Phi) is 6.79. The van der Waals surface area contributed by atoms with Gasteiger partial charge < -0.3 is 29.3 Å². The monoisotopic (exact) mass is 523 g/mol. The lowest BCUT2D eigenvalue weighted by Gasteiger charge is -2.29. The van der Waals surface area contributed by atoms with Gasteiger partial charge in [-0.1, -0.05) is 11.3 Å². The summed E-state index contributed by atoms with van der Waals surface area (Å²) in [6, 6.07) is 8.35. The lowest BCUT2D eigenvalue weighted by molar-refractivity contribution is -0.126. The molecule has 0 saturated carbocycles. The van der Waals surface area contributed by atoms with E-state index in [1.54, 1.807) is 28.0 Å². The van der Waals surface area contributed by atoms with E-state index >= 15 is 0 Å². The van der Waals surface area contributed by atoms with Gasteiger partial charge in [-0.25, -0.2) is 4.79 Å². The van der Waals surface area contributed by atoms with Gasteiger partial charge in [0, 0.05) is 31.6 Å². The lowest BCUT2D eigenvalue weighted by atomic mass is 10.1. The molecule has 2 unspecified atom stereocenters. The summed E-state index contributed by atoms with van der Waals surface area (Å²) in [6.07, 6.45) is -1.49. The van der Waals surface area contributed by atoms with Crippen molar-refractivity contribution in [1.82, 2.24) is 5.32 Å². The summed E-state index contributed by atoms with van der Waals surface area (Å²) >= 11 is 4.60. The topological polar surface area (TPSA) is 97.4 Å². The summed E-state index contributed by atoms with van der Waals surface area (Å²) in [5.74, 6) is -0.351. The second kappa shape index (κ2) is 9.57. The average molecular weight is 524 g/mol. The van der Waals surface area contributed by atoms with E-state index in [9.17, 15) is 14.4 Å². The van der Waals surface area contributed by atoms with Crippen LogP contribution in [0.3, 0.4) is 0 Å². The Bertz CT molecular complexity index is 1040. The number of halogens is 1. The van der Waals surface area contributed by atoms with Crippen molar-refractivity contribution in [2.24, 2.45) is 0 Å². The van der Waals surface area contributed by atoms with Crippen LogP contribution in [0.4, 0.5) is 16.2 Å². The van der Waals surface area contributed by atoms with Crippen LogP contribution in [0.5, 0.6) is 5.06 Å². The number of carbonyl (C=O) groups excluding carboxylic acids is 3. The van der Waals surface area contributed by atoms with Gasteiger partial charge in [0.1, 0.15) is 6.61 Å². The van der Waals surface area contributed by atoms with Gasteiger partial charge in [0.2, 0.25) is 0 Å². The van der Waals surface area contributed by atoms with Gasteiger partial charge >= 0.3 is 6.09 Å². The minimum atomic E-state index is -0.835. The predicted octanol–water partition coefficient (Wildman–Crippen LogP) is 2.70. The molecule has 2 fully saturated rings.